The van der Waals surface area contributed by atoms with Gasteiger partial charge < -0.3 is 10.3 Å². The number of nitrogens with zero attached hydrogens (tertiary/aromatic N) is 1. The van der Waals surface area contributed by atoms with Crippen LogP contribution >= 0.6 is 0 Å². The molecule has 0 aliphatic rings. The van der Waals surface area contributed by atoms with Crippen molar-refractivity contribution in [2.75, 3.05) is 6.54 Å². The van der Waals surface area contributed by atoms with Crippen molar-refractivity contribution in [2.45, 2.75) is 6.17 Å². The van der Waals surface area contributed by atoms with Gasteiger partial charge in [0.05, 0.1) is 0 Å². The lowest BCUT2D eigenvalue weighted by molar-refractivity contribution is 0.353. The number of aromatic nitrogens is 1. The summed E-state index contributed by atoms with van der Waals surface area (Å²) in [7, 11) is 1.97. The first-order chi connectivity index (χ1) is 6.72. The maximum absolute atomic E-state index is 13.3. The monoisotopic (exact) mass is 192 g/mol. The van der Waals surface area contributed by atoms with Crippen LogP contribution in [-0.2, 0) is 7.05 Å². The molecule has 2 N–H and O–H groups in total. The minimum atomic E-state index is -1.06. The minimum Gasteiger partial charge on any atom is -0.351 e. The van der Waals surface area contributed by atoms with E-state index in [1.807, 2.05) is 36.0 Å². The molecule has 1 aromatic carbocycles. The van der Waals surface area contributed by atoms with Crippen LogP contribution < -0.4 is 5.73 Å². The Labute approximate surface area is 82.1 Å². The lowest BCUT2D eigenvalue weighted by Crippen LogP contribution is -2.07. The third kappa shape index (κ3) is 1.40. The highest BCUT2D eigenvalue weighted by Crippen LogP contribution is 2.22. The zero-order valence-electron chi connectivity index (χ0n) is 8.07. The molecule has 0 radical (unpaired) electrons. The molecule has 1 unspecified atom stereocenters. The summed E-state index contributed by atoms with van der Waals surface area (Å²) in [5, 5.41) is 1.06. The number of halogens is 1. The number of benzene rings is 1. The Hall–Kier alpha value is -1.35. The second-order valence-electron chi connectivity index (χ2n) is 3.45. The van der Waals surface area contributed by atoms with Crippen LogP contribution in [0.3, 0.4) is 0 Å². The second kappa shape index (κ2) is 3.42. The zero-order chi connectivity index (χ0) is 10.1. The fourth-order valence-electron chi connectivity index (χ4n) is 1.63. The van der Waals surface area contributed by atoms with Gasteiger partial charge in [-0.25, -0.2) is 4.39 Å². The number of hydrogen-bond donors (Lipinski definition) is 1. The molecule has 14 heavy (non-hydrogen) atoms. The van der Waals surface area contributed by atoms with Gasteiger partial charge in [-0.05, 0) is 29.1 Å². The Morgan fingerprint density at radius 1 is 1.43 bits per heavy atom. The van der Waals surface area contributed by atoms with Gasteiger partial charge in [0.25, 0.3) is 0 Å². The van der Waals surface area contributed by atoms with E-state index in [9.17, 15) is 4.39 Å². The van der Waals surface area contributed by atoms with Gasteiger partial charge in [0, 0.05) is 25.3 Å². The molecule has 2 rings (SSSR count). The molecule has 1 heterocycles. The van der Waals surface area contributed by atoms with Crippen molar-refractivity contribution in [2.24, 2.45) is 12.8 Å². The van der Waals surface area contributed by atoms with E-state index < -0.39 is 6.17 Å². The highest BCUT2D eigenvalue weighted by molar-refractivity contribution is 5.80. The van der Waals surface area contributed by atoms with Gasteiger partial charge in [-0.1, -0.05) is 6.07 Å². The summed E-state index contributed by atoms with van der Waals surface area (Å²) in [5.74, 6) is 0. The van der Waals surface area contributed by atoms with Gasteiger partial charge in [-0.15, -0.1) is 0 Å². The number of aryl methyl sites for hydroxylation is 1. The average Bonchev–Trinajstić information content (AvgIpc) is 2.59. The molecule has 2 nitrogen and oxygen atoms in total. The van der Waals surface area contributed by atoms with Crippen molar-refractivity contribution in [3.8, 4) is 0 Å². The molecule has 2 aromatic rings. The molecule has 0 saturated carbocycles. The van der Waals surface area contributed by atoms with E-state index in [-0.39, 0.29) is 6.54 Å². The van der Waals surface area contributed by atoms with Crippen molar-refractivity contribution < 1.29 is 4.39 Å². The first-order valence-corrected chi connectivity index (χ1v) is 4.61. The predicted molar refractivity (Wildman–Crippen MR) is 55.8 cm³/mol. The van der Waals surface area contributed by atoms with Gasteiger partial charge >= 0.3 is 0 Å². The molecule has 3 heteroatoms. The molecular formula is C11H13FN2. The highest BCUT2D eigenvalue weighted by Gasteiger charge is 2.08. The van der Waals surface area contributed by atoms with Crippen molar-refractivity contribution in [1.82, 2.24) is 4.57 Å². The van der Waals surface area contributed by atoms with E-state index in [4.69, 9.17) is 5.73 Å². The quantitative estimate of drug-likeness (QED) is 0.776. The van der Waals surface area contributed by atoms with E-state index in [1.165, 1.54) is 0 Å². The number of fused-ring (bicyclic) bond motifs is 1. The summed E-state index contributed by atoms with van der Waals surface area (Å²) < 4.78 is 15.3. The Kier molecular flexibility index (Phi) is 2.25. The SMILES string of the molecule is Cn1ccc2cc(C(F)CN)ccc21. The van der Waals surface area contributed by atoms with Crippen LogP contribution in [-0.4, -0.2) is 11.1 Å². The largest absolute Gasteiger partial charge is 0.351 e. The normalized spacial score (nSPS) is 13.4. The Morgan fingerprint density at radius 3 is 2.93 bits per heavy atom. The van der Waals surface area contributed by atoms with Crippen molar-refractivity contribution in [3.63, 3.8) is 0 Å². The number of nitrogens with two attached hydrogens (primary N) is 1. The first kappa shape index (κ1) is 9.21. The van der Waals surface area contributed by atoms with Crippen LogP contribution in [0, 0.1) is 0 Å². The molecule has 1 atom stereocenters. The van der Waals surface area contributed by atoms with Crippen molar-refractivity contribution >= 4 is 10.9 Å². The maximum atomic E-state index is 13.3. The van der Waals surface area contributed by atoms with Gasteiger partial charge in [-0.2, -0.15) is 0 Å². The molecule has 0 spiro atoms. The second-order valence-corrected chi connectivity index (χ2v) is 3.45. The van der Waals surface area contributed by atoms with Crippen molar-refractivity contribution in [3.05, 3.63) is 36.0 Å². The first-order valence-electron chi connectivity index (χ1n) is 4.61. The molecule has 74 valence electrons. The van der Waals surface area contributed by atoms with Crippen molar-refractivity contribution in [1.29, 1.82) is 0 Å². The van der Waals surface area contributed by atoms with E-state index in [0.29, 0.717) is 5.56 Å². The van der Waals surface area contributed by atoms with Gasteiger partial charge in [0.15, 0.2) is 0 Å². The van der Waals surface area contributed by atoms with Crippen LogP contribution in [0.4, 0.5) is 4.39 Å². The lowest BCUT2D eigenvalue weighted by Gasteiger charge is -2.05. The van der Waals surface area contributed by atoms with E-state index in [2.05, 4.69) is 0 Å². The summed E-state index contributed by atoms with van der Waals surface area (Å²) in [6.07, 6.45) is 0.907. The lowest BCUT2D eigenvalue weighted by atomic mass is 10.1. The zero-order valence-corrected chi connectivity index (χ0v) is 8.07. The van der Waals surface area contributed by atoms with Gasteiger partial charge in [0.1, 0.15) is 6.17 Å². The Balaban J connectivity index is 2.52. The number of rotatable bonds is 2. The van der Waals surface area contributed by atoms with Crippen LogP contribution in [0.1, 0.15) is 11.7 Å². The third-order valence-electron chi connectivity index (χ3n) is 2.48. The third-order valence-corrected chi connectivity index (χ3v) is 2.48. The summed E-state index contributed by atoms with van der Waals surface area (Å²) in [5.41, 5.74) is 7.04. The van der Waals surface area contributed by atoms with E-state index in [0.717, 1.165) is 10.9 Å². The predicted octanol–water partition coefficient (Wildman–Crippen LogP) is 2.15. The van der Waals surface area contributed by atoms with E-state index in [1.54, 1.807) is 6.07 Å². The fourth-order valence-corrected chi connectivity index (χ4v) is 1.63. The molecule has 0 aliphatic carbocycles. The minimum absolute atomic E-state index is 0.0400. The molecule has 0 amide bonds. The van der Waals surface area contributed by atoms with Crippen LogP contribution in [0.15, 0.2) is 30.5 Å². The summed E-state index contributed by atoms with van der Waals surface area (Å²) in [6.45, 7) is 0.0400. The maximum Gasteiger partial charge on any atom is 0.137 e. The number of hydrogen-bond acceptors (Lipinski definition) is 1. The average molecular weight is 192 g/mol. The molecule has 0 fully saturated rings. The standard InChI is InChI=1S/C11H13FN2/c1-14-5-4-9-6-8(10(12)7-13)2-3-11(9)14/h2-6,10H,7,13H2,1H3. The van der Waals surface area contributed by atoms with Gasteiger partial charge in [0.2, 0.25) is 0 Å². The van der Waals surface area contributed by atoms with Crippen LogP contribution in [0.5, 0.6) is 0 Å². The van der Waals surface area contributed by atoms with Gasteiger partial charge in [-0.3, -0.25) is 0 Å². The van der Waals surface area contributed by atoms with E-state index >= 15 is 0 Å². The highest BCUT2D eigenvalue weighted by atomic mass is 19.1. The summed E-state index contributed by atoms with van der Waals surface area (Å²) in [4.78, 5) is 0. The molecule has 0 saturated heterocycles. The molecule has 0 bridgehead atoms. The smallest absolute Gasteiger partial charge is 0.137 e. The number of alkyl halides is 1. The fraction of sp³-hybridized carbons (Fsp3) is 0.273. The Bertz CT molecular complexity index is 447. The molecular weight excluding hydrogens is 179 g/mol. The summed E-state index contributed by atoms with van der Waals surface area (Å²) >= 11 is 0. The summed E-state index contributed by atoms with van der Waals surface area (Å²) in [6, 6.07) is 7.54. The van der Waals surface area contributed by atoms with Crippen LogP contribution in [0.2, 0.25) is 0 Å². The Morgan fingerprint density at radius 2 is 2.21 bits per heavy atom. The van der Waals surface area contributed by atoms with Crippen LogP contribution in [0.25, 0.3) is 10.9 Å². The molecule has 0 aliphatic heterocycles. The topological polar surface area (TPSA) is 30.9 Å². The molecule has 1 aromatic heterocycles.